The zero-order valence-electron chi connectivity index (χ0n) is 17.1. The number of imidazole rings is 1. The zero-order valence-corrected chi connectivity index (χ0v) is 10.1. The van der Waals surface area contributed by atoms with Crippen molar-refractivity contribution < 1.29 is 14.7 Å². The van der Waals surface area contributed by atoms with Gasteiger partial charge in [0.05, 0.1) is 17.1 Å². The van der Waals surface area contributed by atoms with Gasteiger partial charge in [-0.15, -0.1) is 0 Å². The Morgan fingerprint density at radius 3 is 3.26 bits per heavy atom. The van der Waals surface area contributed by atoms with Crippen molar-refractivity contribution in [1.29, 1.82) is 0 Å². The van der Waals surface area contributed by atoms with Crippen LogP contribution in [0.1, 0.15) is 41.4 Å². The molecule has 0 bridgehead atoms. The summed E-state index contributed by atoms with van der Waals surface area (Å²) in [4.78, 5) is 14.8. The minimum absolute atomic E-state index is 0.0789. The average molecular weight is 268 g/mol. The number of aliphatic hydroxyl groups excluding tert-OH is 1. The summed E-state index contributed by atoms with van der Waals surface area (Å²) in [6, 6.07) is 0.915. The molecule has 3 rings (SSSR count). The molecular formula is C14H19N3O2. The Hall–Kier alpha value is -1.59. The van der Waals surface area contributed by atoms with Crippen molar-refractivity contribution in [2.75, 3.05) is 0 Å². The van der Waals surface area contributed by atoms with E-state index in [-0.39, 0.29) is 18.7 Å². The molecule has 0 radical (unpaired) electrons. The number of rotatable bonds is 2. The Labute approximate surface area is 121 Å². The lowest BCUT2D eigenvalue weighted by atomic mass is 9.99. The first-order chi connectivity index (χ1) is 11.9. The highest BCUT2D eigenvalue weighted by Crippen LogP contribution is 2.29. The summed E-state index contributed by atoms with van der Waals surface area (Å²) >= 11 is 0. The third-order valence-electron chi connectivity index (χ3n) is 3.52. The van der Waals surface area contributed by atoms with Crippen LogP contribution in [-0.4, -0.2) is 26.7 Å². The number of H-pyrrole nitrogens is 1. The van der Waals surface area contributed by atoms with Crippen molar-refractivity contribution in [2.24, 2.45) is 0 Å². The third-order valence-corrected chi connectivity index (χ3v) is 3.52. The number of aliphatic hydroxyl groups is 1. The van der Waals surface area contributed by atoms with E-state index >= 15 is 0 Å². The maximum absolute atomic E-state index is 12.1. The second kappa shape index (κ2) is 4.51. The summed E-state index contributed by atoms with van der Waals surface area (Å²) < 4.78 is 54.6. The third kappa shape index (κ3) is 1.99. The van der Waals surface area contributed by atoms with Gasteiger partial charge >= 0.3 is 5.69 Å². The first-order valence-corrected chi connectivity index (χ1v) is 6.04. The van der Waals surface area contributed by atoms with Gasteiger partial charge in [0.25, 0.3) is 0 Å². The lowest BCUT2D eigenvalue weighted by Gasteiger charge is -2.24. The van der Waals surface area contributed by atoms with Crippen molar-refractivity contribution in [3.05, 3.63) is 34.2 Å². The van der Waals surface area contributed by atoms with Gasteiger partial charge in [0.15, 0.2) is 0 Å². The zero-order chi connectivity index (χ0) is 19.5. The van der Waals surface area contributed by atoms with Crippen molar-refractivity contribution >= 4 is 11.0 Å². The highest BCUT2D eigenvalue weighted by molar-refractivity contribution is 5.79. The van der Waals surface area contributed by atoms with Gasteiger partial charge in [-0.25, -0.2) is 4.79 Å². The Morgan fingerprint density at radius 1 is 1.63 bits per heavy atom. The number of aromatic amines is 1. The van der Waals surface area contributed by atoms with Crippen molar-refractivity contribution in [3.8, 4) is 0 Å². The smallest absolute Gasteiger partial charge is 0.326 e. The summed E-state index contributed by atoms with van der Waals surface area (Å²) in [5.41, 5.74) is 1.02. The summed E-state index contributed by atoms with van der Waals surface area (Å²) in [6.45, 7) is -6.16. The molecule has 2 aromatic rings. The van der Waals surface area contributed by atoms with E-state index in [0.29, 0.717) is 16.6 Å². The van der Waals surface area contributed by atoms with Crippen LogP contribution in [-0.2, 0) is 6.54 Å². The van der Waals surface area contributed by atoms with E-state index in [1.165, 1.54) is 4.57 Å². The van der Waals surface area contributed by atoms with E-state index in [0.717, 1.165) is 0 Å². The number of hydrogen-bond donors (Lipinski definition) is 3. The molecule has 5 heteroatoms. The Kier molecular flexibility index (Phi) is 1.59. The van der Waals surface area contributed by atoms with Gasteiger partial charge in [-0.1, -0.05) is 25.8 Å². The standard InChI is InChI=1S/C14H19N3O2/c1-8(2)15-11-6-7-17-12-9(13(11)18)4-3-5-10(12)16-14(17)19/h3-5,8,11,13,15,18H,6-7H2,1-2H3,(H,16,19)/t11-,13-/m0/s1/i1D3,2D3,8D. The van der Waals surface area contributed by atoms with Crippen LogP contribution in [0.15, 0.2) is 23.0 Å². The lowest BCUT2D eigenvalue weighted by Crippen LogP contribution is -2.39. The maximum Gasteiger partial charge on any atom is 0.326 e. The lowest BCUT2D eigenvalue weighted by molar-refractivity contribution is 0.121. The molecule has 5 nitrogen and oxygen atoms in total. The van der Waals surface area contributed by atoms with E-state index < -0.39 is 31.9 Å². The molecular weight excluding hydrogens is 242 g/mol. The Morgan fingerprint density at radius 2 is 2.47 bits per heavy atom. The van der Waals surface area contributed by atoms with Gasteiger partial charge < -0.3 is 15.4 Å². The summed E-state index contributed by atoms with van der Waals surface area (Å²) in [6.07, 6.45) is -1.20. The van der Waals surface area contributed by atoms with Crippen LogP contribution in [0, 0.1) is 0 Å². The molecule has 2 atom stereocenters. The van der Waals surface area contributed by atoms with Gasteiger partial charge in [-0.2, -0.15) is 0 Å². The summed E-state index contributed by atoms with van der Waals surface area (Å²) in [7, 11) is 0. The highest BCUT2D eigenvalue weighted by Gasteiger charge is 2.28. The predicted octanol–water partition coefficient (Wildman–Crippen LogP) is 1.13. The maximum atomic E-state index is 12.1. The minimum Gasteiger partial charge on any atom is -0.387 e. The van der Waals surface area contributed by atoms with Crippen molar-refractivity contribution in [2.45, 2.75) is 44.8 Å². The molecule has 0 unspecified atom stereocenters. The van der Waals surface area contributed by atoms with Gasteiger partial charge in [0.2, 0.25) is 0 Å². The molecule has 19 heavy (non-hydrogen) atoms. The van der Waals surface area contributed by atoms with Crippen LogP contribution >= 0.6 is 0 Å². The average Bonchev–Trinajstić information content (AvgIpc) is 2.75. The number of hydrogen-bond acceptors (Lipinski definition) is 3. The van der Waals surface area contributed by atoms with E-state index in [1.54, 1.807) is 18.2 Å². The fourth-order valence-electron chi connectivity index (χ4n) is 2.68. The van der Waals surface area contributed by atoms with Crippen molar-refractivity contribution in [3.63, 3.8) is 0 Å². The van der Waals surface area contributed by atoms with Crippen LogP contribution in [0.25, 0.3) is 11.0 Å². The molecule has 1 aromatic carbocycles. The Bertz CT molecular complexity index is 869. The molecule has 0 spiro atoms. The highest BCUT2D eigenvalue weighted by atomic mass is 16.3. The number of benzene rings is 1. The monoisotopic (exact) mass is 268 g/mol. The van der Waals surface area contributed by atoms with Crippen LogP contribution in [0.4, 0.5) is 0 Å². The predicted molar refractivity (Wildman–Crippen MR) is 74.2 cm³/mol. The molecule has 1 aliphatic rings. The van der Waals surface area contributed by atoms with E-state index in [4.69, 9.17) is 9.60 Å². The quantitative estimate of drug-likeness (QED) is 0.765. The topological polar surface area (TPSA) is 70.0 Å². The minimum atomic E-state index is -3.15. The molecule has 0 saturated carbocycles. The van der Waals surface area contributed by atoms with Crippen LogP contribution in [0.2, 0.25) is 0 Å². The molecule has 0 amide bonds. The fraction of sp³-hybridized carbons (Fsp3) is 0.500. The fourth-order valence-corrected chi connectivity index (χ4v) is 2.68. The SMILES string of the molecule is [2H]C([2H])([2H])C([2H])(N[C@H]1CCn2c(=O)[nH]c3cccc(c32)[C@@H]1O)C([2H])([2H])[2H]. The summed E-state index contributed by atoms with van der Waals surface area (Å²) in [5, 5.41) is 13.1. The Balaban J connectivity index is 2.05. The molecule has 0 fully saturated rings. The number of nitrogens with zero attached hydrogens (tertiary/aromatic N) is 1. The van der Waals surface area contributed by atoms with Crippen LogP contribution in [0.5, 0.6) is 0 Å². The molecule has 3 N–H and O–H groups in total. The second-order valence-corrected chi connectivity index (χ2v) is 4.68. The number of aryl methyl sites for hydroxylation is 1. The normalized spacial score (nSPS) is 30.3. The molecule has 1 aliphatic heterocycles. The molecule has 1 aromatic heterocycles. The molecule has 2 heterocycles. The van der Waals surface area contributed by atoms with E-state index in [2.05, 4.69) is 10.3 Å². The first kappa shape index (κ1) is 6.72. The largest absolute Gasteiger partial charge is 0.387 e. The van der Waals surface area contributed by atoms with Gasteiger partial charge in [0.1, 0.15) is 0 Å². The van der Waals surface area contributed by atoms with Gasteiger partial charge in [-0.05, 0) is 12.5 Å². The van der Waals surface area contributed by atoms with Crippen LogP contribution in [0.3, 0.4) is 0 Å². The second-order valence-electron chi connectivity index (χ2n) is 4.68. The van der Waals surface area contributed by atoms with Gasteiger partial charge in [-0.3, -0.25) is 4.57 Å². The number of aromatic nitrogens is 2. The molecule has 0 saturated heterocycles. The number of nitrogens with one attached hydrogen (secondary N) is 2. The van der Waals surface area contributed by atoms with Crippen LogP contribution < -0.4 is 11.0 Å². The molecule has 0 aliphatic carbocycles. The summed E-state index contributed by atoms with van der Waals surface area (Å²) in [5.74, 6) is 0. The van der Waals surface area contributed by atoms with Crippen molar-refractivity contribution in [1.82, 2.24) is 14.9 Å². The van der Waals surface area contributed by atoms with Gasteiger partial charge in [0, 0.05) is 33.8 Å². The van der Waals surface area contributed by atoms with E-state index in [9.17, 15) is 9.90 Å². The van der Waals surface area contributed by atoms with E-state index in [1.807, 2.05) is 0 Å². The number of para-hydroxylation sites is 1. The first-order valence-electron chi connectivity index (χ1n) is 9.54. The molecule has 102 valence electrons.